The molecule has 0 aromatic rings. The van der Waals surface area contributed by atoms with Crippen LogP contribution in [0.4, 0.5) is 0 Å². The summed E-state index contributed by atoms with van der Waals surface area (Å²) in [4.78, 5) is 0. The first-order valence-electron chi connectivity index (χ1n) is 7.68. The number of ether oxygens (including phenoxy) is 1. The summed E-state index contributed by atoms with van der Waals surface area (Å²) < 4.78 is 5.27. The third kappa shape index (κ3) is 11.1. The van der Waals surface area contributed by atoms with Crippen molar-refractivity contribution in [2.45, 2.75) is 70.2 Å². The number of aliphatic hydroxyl groups excluding tert-OH is 2. The molecular weight excluding hydrogens is 264 g/mol. The molecule has 0 amide bonds. The van der Waals surface area contributed by atoms with Gasteiger partial charge in [0.25, 0.3) is 0 Å². The van der Waals surface area contributed by atoms with Gasteiger partial charge in [-0.1, -0.05) is 69.9 Å². The van der Waals surface area contributed by atoms with Crippen molar-refractivity contribution in [3.63, 3.8) is 0 Å². The highest BCUT2D eigenvalue weighted by molar-refractivity contribution is 5.30. The molecule has 3 atom stereocenters. The van der Waals surface area contributed by atoms with Crippen LogP contribution in [0.2, 0.25) is 0 Å². The third-order valence-corrected chi connectivity index (χ3v) is 3.22. The highest BCUT2D eigenvalue weighted by Gasteiger charge is 2.15. The average Bonchev–Trinajstić information content (AvgIpc) is 2.50. The van der Waals surface area contributed by atoms with Crippen LogP contribution in [-0.4, -0.2) is 35.6 Å². The minimum atomic E-state index is -0.877. The maximum atomic E-state index is 9.92. The fourth-order valence-corrected chi connectivity index (χ4v) is 1.90. The maximum Gasteiger partial charge on any atom is 0.141 e. The average molecular weight is 292 g/mol. The lowest BCUT2D eigenvalue weighted by Crippen LogP contribution is -2.26. The summed E-state index contributed by atoms with van der Waals surface area (Å²) in [5, 5.41) is 19.1. The van der Waals surface area contributed by atoms with Crippen molar-refractivity contribution in [1.29, 1.82) is 0 Å². The molecule has 0 aliphatic rings. The van der Waals surface area contributed by atoms with Gasteiger partial charge in [-0.3, -0.25) is 0 Å². The third-order valence-electron chi connectivity index (χ3n) is 3.22. The summed E-state index contributed by atoms with van der Waals surface area (Å²) in [6, 6.07) is 0. The summed E-state index contributed by atoms with van der Waals surface area (Å²) in [6.45, 7) is 5.61. The smallest absolute Gasteiger partial charge is 0.141 e. The second kappa shape index (κ2) is 13.7. The van der Waals surface area contributed by atoms with E-state index in [1.807, 2.05) is 0 Å². The van der Waals surface area contributed by atoms with Crippen molar-refractivity contribution < 1.29 is 14.9 Å². The highest BCUT2D eigenvalue weighted by Crippen LogP contribution is 2.12. The van der Waals surface area contributed by atoms with Crippen LogP contribution < -0.4 is 0 Å². The number of hydrogen-bond donors (Lipinski definition) is 2. The SMILES string of the molecule is C=CC(O)C#CC#CC(O)C(CCCCCCCC)OC. The summed E-state index contributed by atoms with van der Waals surface area (Å²) in [5.41, 5.74) is 0. The van der Waals surface area contributed by atoms with Crippen LogP contribution in [0, 0.1) is 23.7 Å². The monoisotopic (exact) mass is 292 g/mol. The first kappa shape index (κ1) is 19.7. The molecule has 21 heavy (non-hydrogen) atoms. The van der Waals surface area contributed by atoms with Gasteiger partial charge in [0.15, 0.2) is 0 Å². The van der Waals surface area contributed by atoms with Gasteiger partial charge in [0, 0.05) is 7.11 Å². The van der Waals surface area contributed by atoms with E-state index in [4.69, 9.17) is 9.84 Å². The molecule has 3 nitrogen and oxygen atoms in total. The van der Waals surface area contributed by atoms with E-state index in [2.05, 4.69) is 37.2 Å². The second-order valence-electron chi connectivity index (χ2n) is 4.99. The Bertz CT molecular complexity index is 381. The minimum absolute atomic E-state index is 0.283. The van der Waals surface area contributed by atoms with E-state index >= 15 is 0 Å². The Labute approximate surface area is 129 Å². The zero-order valence-corrected chi connectivity index (χ0v) is 13.3. The lowest BCUT2D eigenvalue weighted by atomic mass is 10.0. The van der Waals surface area contributed by atoms with Gasteiger partial charge in [0.05, 0.1) is 6.10 Å². The van der Waals surface area contributed by atoms with Crippen LogP contribution >= 0.6 is 0 Å². The largest absolute Gasteiger partial charge is 0.378 e. The first-order chi connectivity index (χ1) is 10.2. The van der Waals surface area contributed by atoms with Crippen molar-refractivity contribution in [3.05, 3.63) is 12.7 Å². The topological polar surface area (TPSA) is 49.7 Å². The lowest BCUT2D eigenvalue weighted by molar-refractivity contribution is 0.0101. The van der Waals surface area contributed by atoms with Gasteiger partial charge in [0.1, 0.15) is 12.2 Å². The molecule has 0 fully saturated rings. The summed E-state index contributed by atoms with van der Waals surface area (Å²) in [7, 11) is 1.58. The Morgan fingerprint density at radius 2 is 1.67 bits per heavy atom. The van der Waals surface area contributed by atoms with Gasteiger partial charge in [-0.2, -0.15) is 0 Å². The second-order valence-corrected chi connectivity index (χ2v) is 4.99. The van der Waals surface area contributed by atoms with Crippen molar-refractivity contribution in [3.8, 4) is 23.7 Å². The van der Waals surface area contributed by atoms with Crippen LogP contribution in [0.15, 0.2) is 12.7 Å². The molecule has 0 aliphatic heterocycles. The fraction of sp³-hybridized carbons (Fsp3) is 0.667. The predicted molar refractivity (Wildman–Crippen MR) is 86.6 cm³/mol. The molecule has 0 aliphatic carbocycles. The van der Waals surface area contributed by atoms with E-state index in [0.717, 1.165) is 19.3 Å². The maximum absolute atomic E-state index is 9.92. The Balaban J connectivity index is 4.06. The number of rotatable bonds is 10. The molecule has 0 aromatic heterocycles. The van der Waals surface area contributed by atoms with E-state index < -0.39 is 12.2 Å². The van der Waals surface area contributed by atoms with Crippen molar-refractivity contribution in [1.82, 2.24) is 0 Å². The molecule has 3 heteroatoms. The van der Waals surface area contributed by atoms with E-state index in [-0.39, 0.29) is 6.10 Å². The molecule has 2 N–H and O–H groups in total. The fourth-order valence-electron chi connectivity index (χ4n) is 1.90. The van der Waals surface area contributed by atoms with E-state index in [0.29, 0.717) is 0 Å². The molecule has 0 radical (unpaired) electrons. The molecule has 0 aromatic carbocycles. The Kier molecular flexibility index (Phi) is 12.9. The van der Waals surface area contributed by atoms with Crippen LogP contribution in [0.3, 0.4) is 0 Å². The van der Waals surface area contributed by atoms with Gasteiger partial charge >= 0.3 is 0 Å². The van der Waals surface area contributed by atoms with Gasteiger partial charge in [-0.05, 0) is 18.3 Å². The number of methoxy groups -OCH3 is 1. The zero-order valence-electron chi connectivity index (χ0n) is 13.3. The summed E-state index contributed by atoms with van der Waals surface area (Å²) in [5.74, 6) is 10.1. The molecule has 0 spiro atoms. The van der Waals surface area contributed by atoms with Crippen molar-refractivity contribution >= 4 is 0 Å². The van der Waals surface area contributed by atoms with E-state index in [1.54, 1.807) is 7.11 Å². The van der Waals surface area contributed by atoms with Crippen LogP contribution in [-0.2, 0) is 4.74 Å². The normalized spacial score (nSPS) is 14.1. The Hall–Kier alpha value is -1.26. The molecular formula is C18H28O3. The van der Waals surface area contributed by atoms with Crippen LogP contribution in [0.25, 0.3) is 0 Å². The Morgan fingerprint density at radius 3 is 2.29 bits per heavy atom. The molecule has 0 bridgehead atoms. The minimum Gasteiger partial charge on any atom is -0.378 e. The standard InChI is InChI=1S/C18H28O3/c1-4-6-7-8-9-10-15-18(21-3)17(20)14-12-11-13-16(19)5-2/h5,16-20H,2,4,6-10,15H2,1,3H3. The number of unbranched alkanes of at least 4 members (excludes halogenated alkanes) is 5. The predicted octanol–water partition coefficient (Wildman–Crippen LogP) is 2.67. The molecule has 0 rings (SSSR count). The number of aliphatic hydroxyl groups is 2. The summed E-state index contributed by atoms with van der Waals surface area (Å²) in [6.07, 6.45) is 7.34. The lowest BCUT2D eigenvalue weighted by Gasteiger charge is -2.17. The van der Waals surface area contributed by atoms with Crippen molar-refractivity contribution in [2.75, 3.05) is 7.11 Å². The van der Waals surface area contributed by atoms with Crippen molar-refractivity contribution in [2.24, 2.45) is 0 Å². The quantitative estimate of drug-likeness (QED) is 0.370. The van der Waals surface area contributed by atoms with Crippen LogP contribution in [0.5, 0.6) is 0 Å². The zero-order chi connectivity index (χ0) is 15.9. The first-order valence-corrected chi connectivity index (χ1v) is 7.68. The molecule has 0 saturated heterocycles. The van der Waals surface area contributed by atoms with Gasteiger partial charge < -0.3 is 14.9 Å². The molecule has 0 heterocycles. The molecule has 0 saturated carbocycles. The summed E-state index contributed by atoms with van der Waals surface area (Å²) >= 11 is 0. The molecule has 3 unspecified atom stereocenters. The van der Waals surface area contributed by atoms with Gasteiger partial charge in [0.2, 0.25) is 0 Å². The van der Waals surface area contributed by atoms with Gasteiger partial charge in [-0.25, -0.2) is 0 Å². The van der Waals surface area contributed by atoms with Crippen LogP contribution in [0.1, 0.15) is 51.9 Å². The molecule has 118 valence electrons. The Morgan fingerprint density at radius 1 is 1.05 bits per heavy atom. The van der Waals surface area contributed by atoms with Gasteiger partial charge in [-0.15, -0.1) is 0 Å². The highest BCUT2D eigenvalue weighted by atomic mass is 16.5. The number of hydrogen-bond acceptors (Lipinski definition) is 3. The van der Waals surface area contributed by atoms with E-state index in [9.17, 15) is 5.11 Å². The van der Waals surface area contributed by atoms with E-state index in [1.165, 1.54) is 31.8 Å².